The normalized spacial score (nSPS) is 12.6. The molecule has 0 saturated carbocycles. The molecule has 1 amide bonds. The fourth-order valence-corrected chi connectivity index (χ4v) is 5.80. The van der Waals surface area contributed by atoms with Gasteiger partial charge in [0.25, 0.3) is 0 Å². The molecule has 0 bridgehead atoms. The molecule has 0 N–H and O–H groups in total. The zero-order valence-electron chi connectivity index (χ0n) is 20.1. The molecule has 9 nitrogen and oxygen atoms in total. The molecule has 11 heteroatoms. The van der Waals surface area contributed by atoms with Crippen molar-refractivity contribution in [2.45, 2.75) is 18.0 Å². The fraction of sp³-hybridized carbons (Fsp3) is 0.320. The molecule has 1 aromatic heterocycles. The third-order valence-electron chi connectivity index (χ3n) is 5.64. The Balaban J connectivity index is 1.57. The number of hydrogen-bond acceptors (Lipinski definition) is 8. The van der Waals surface area contributed by atoms with E-state index in [9.17, 15) is 13.2 Å². The van der Waals surface area contributed by atoms with E-state index in [4.69, 9.17) is 18.9 Å². The third kappa shape index (κ3) is 6.16. The first-order valence-corrected chi connectivity index (χ1v) is 13.5. The Morgan fingerprint density at radius 1 is 1.03 bits per heavy atom. The van der Waals surface area contributed by atoms with E-state index in [0.29, 0.717) is 23.8 Å². The largest absolute Gasteiger partial charge is 0.497 e. The number of rotatable bonds is 12. The van der Waals surface area contributed by atoms with Crippen molar-refractivity contribution in [3.63, 3.8) is 0 Å². The molecule has 0 fully saturated rings. The maximum Gasteiger partial charge on any atom is 0.243 e. The van der Waals surface area contributed by atoms with E-state index in [0.717, 1.165) is 14.7 Å². The molecule has 0 atom stereocenters. The molecule has 0 spiro atoms. The Bertz CT molecular complexity index is 1260. The highest BCUT2D eigenvalue weighted by atomic mass is 32.2. The van der Waals surface area contributed by atoms with Crippen LogP contribution in [0.25, 0.3) is 0 Å². The lowest BCUT2D eigenvalue weighted by Crippen LogP contribution is -2.43. The Labute approximate surface area is 214 Å². The molecular formula is C25H28N2O7S2. The zero-order chi connectivity index (χ0) is 25.5. The van der Waals surface area contributed by atoms with Gasteiger partial charge in [0, 0.05) is 25.1 Å². The number of carbonyl (C=O) groups excluding carboxylic acids is 1. The summed E-state index contributed by atoms with van der Waals surface area (Å²) in [7, 11) is -0.955. The molecule has 2 heterocycles. The maximum absolute atomic E-state index is 13.6. The van der Waals surface area contributed by atoms with Crippen molar-refractivity contribution in [1.29, 1.82) is 0 Å². The summed E-state index contributed by atoms with van der Waals surface area (Å²) in [6.07, 6.45) is 0. The van der Waals surface area contributed by atoms with Gasteiger partial charge in [-0.25, -0.2) is 8.42 Å². The highest BCUT2D eigenvalue weighted by molar-refractivity contribution is 7.89. The molecule has 0 saturated heterocycles. The van der Waals surface area contributed by atoms with E-state index in [1.165, 1.54) is 37.7 Å². The van der Waals surface area contributed by atoms with Crippen LogP contribution in [0.3, 0.4) is 0 Å². The van der Waals surface area contributed by atoms with Crippen molar-refractivity contribution < 1.29 is 32.2 Å². The number of sulfonamides is 1. The second-order valence-corrected chi connectivity index (χ2v) is 11.0. The monoisotopic (exact) mass is 532 g/mol. The minimum Gasteiger partial charge on any atom is -0.497 e. The summed E-state index contributed by atoms with van der Waals surface area (Å²) in [5.41, 5.74) is 0.852. The van der Waals surface area contributed by atoms with Gasteiger partial charge in [-0.15, -0.1) is 11.3 Å². The number of benzene rings is 2. The summed E-state index contributed by atoms with van der Waals surface area (Å²) in [6, 6.07) is 15.5. The lowest BCUT2D eigenvalue weighted by atomic mass is 10.2. The maximum atomic E-state index is 13.6. The van der Waals surface area contributed by atoms with E-state index in [2.05, 4.69) is 0 Å². The van der Waals surface area contributed by atoms with Crippen LogP contribution in [0.2, 0.25) is 0 Å². The molecule has 0 aliphatic carbocycles. The molecule has 2 aromatic carbocycles. The standard InChI is InChI=1S/C25H28N2O7S2/c1-31-12-11-27(36(29,30)22-8-6-20(32-2)7-9-22)17-25(28)26(16-21-4-3-13-35-21)15-19-5-10-23-24(14-19)34-18-33-23/h3-10,13-14H,11-12,15-18H2,1-2H3. The van der Waals surface area contributed by atoms with Gasteiger partial charge in [0.05, 0.1) is 31.7 Å². The van der Waals surface area contributed by atoms with E-state index >= 15 is 0 Å². The number of nitrogens with zero attached hydrogens (tertiary/aromatic N) is 2. The molecule has 36 heavy (non-hydrogen) atoms. The highest BCUT2D eigenvalue weighted by Crippen LogP contribution is 2.33. The van der Waals surface area contributed by atoms with Crippen LogP contribution in [-0.2, 0) is 32.6 Å². The topological polar surface area (TPSA) is 94.6 Å². The van der Waals surface area contributed by atoms with Gasteiger partial charge >= 0.3 is 0 Å². The first-order chi connectivity index (χ1) is 17.4. The van der Waals surface area contributed by atoms with E-state index in [1.54, 1.807) is 17.0 Å². The first kappa shape index (κ1) is 26.0. The Morgan fingerprint density at radius 2 is 1.81 bits per heavy atom. The van der Waals surface area contributed by atoms with E-state index in [1.807, 2.05) is 35.7 Å². The summed E-state index contributed by atoms with van der Waals surface area (Å²) in [6.45, 7) is 0.658. The fourth-order valence-electron chi connectivity index (χ4n) is 3.71. The average Bonchev–Trinajstić information content (AvgIpc) is 3.57. The molecular weight excluding hydrogens is 504 g/mol. The van der Waals surface area contributed by atoms with Gasteiger partial charge in [0.1, 0.15) is 5.75 Å². The second kappa shape index (κ2) is 11.7. The van der Waals surface area contributed by atoms with Crippen LogP contribution in [0, 0.1) is 0 Å². The summed E-state index contributed by atoms with van der Waals surface area (Å²) in [4.78, 5) is 16.3. The minimum atomic E-state index is -3.95. The molecule has 0 unspecified atom stereocenters. The number of hydrogen-bond donors (Lipinski definition) is 0. The zero-order valence-corrected chi connectivity index (χ0v) is 21.7. The number of carbonyl (C=O) groups is 1. The SMILES string of the molecule is COCCN(CC(=O)N(Cc1ccc2c(c1)OCO2)Cc1cccs1)S(=O)(=O)c1ccc(OC)cc1. The quantitative estimate of drug-likeness (QED) is 0.353. The highest BCUT2D eigenvalue weighted by Gasteiger charge is 2.29. The first-order valence-electron chi connectivity index (χ1n) is 11.2. The van der Waals surface area contributed by atoms with Crippen molar-refractivity contribution in [2.24, 2.45) is 0 Å². The predicted octanol–water partition coefficient (Wildman–Crippen LogP) is 3.35. The van der Waals surface area contributed by atoms with E-state index < -0.39 is 10.0 Å². The van der Waals surface area contributed by atoms with Crippen molar-refractivity contribution in [1.82, 2.24) is 9.21 Å². The van der Waals surface area contributed by atoms with E-state index in [-0.39, 0.29) is 43.8 Å². The molecule has 3 aromatic rings. The Morgan fingerprint density at radius 3 is 2.50 bits per heavy atom. The van der Waals surface area contributed by atoms with Crippen molar-refractivity contribution >= 4 is 27.3 Å². The van der Waals surface area contributed by atoms with Crippen LogP contribution in [0.1, 0.15) is 10.4 Å². The summed E-state index contributed by atoms with van der Waals surface area (Å²) < 4.78 is 49.1. The molecule has 1 aliphatic heterocycles. The van der Waals surface area contributed by atoms with Crippen LogP contribution < -0.4 is 14.2 Å². The van der Waals surface area contributed by atoms with Gasteiger partial charge in [-0.05, 0) is 53.4 Å². The minimum absolute atomic E-state index is 0.0352. The summed E-state index contributed by atoms with van der Waals surface area (Å²) >= 11 is 1.54. The number of amides is 1. The smallest absolute Gasteiger partial charge is 0.243 e. The van der Waals surface area contributed by atoms with Crippen molar-refractivity contribution in [3.05, 3.63) is 70.4 Å². The lowest BCUT2D eigenvalue weighted by Gasteiger charge is -2.27. The second-order valence-electron chi connectivity index (χ2n) is 8.02. The van der Waals surface area contributed by atoms with Crippen molar-refractivity contribution in [3.8, 4) is 17.2 Å². The third-order valence-corrected chi connectivity index (χ3v) is 8.36. The van der Waals surface area contributed by atoms with Crippen LogP contribution in [-0.4, -0.2) is 64.2 Å². The number of ether oxygens (including phenoxy) is 4. The summed E-state index contributed by atoms with van der Waals surface area (Å²) in [5.74, 6) is 1.50. The van der Waals surface area contributed by atoms with Gasteiger partial charge in [0.15, 0.2) is 11.5 Å². The van der Waals surface area contributed by atoms with Gasteiger partial charge in [-0.1, -0.05) is 12.1 Å². The van der Waals surface area contributed by atoms with Gasteiger partial charge < -0.3 is 23.8 Å². The van der Waals surface area contributed by atoms with Gasteiger partial charge in [0.2, 0.25) is 22.7 Å². The Hall–Kier alpha value is -3.12. The molecule has 0 radical (unpaired) electrons. The molecule has 1 aliphatic rings. The molecule has 4 rings (SSSR count). The number of fused-ring (bicyclic) bond motifs is 1. The Kier molecular flexibility index (Phi) is 8.47. The van der Waals surface area contributed by atoms with Gasteiger partial charge in [-0.3, -0.25) is 4.79 Å². The number of thiophene rings is 1. The predicted molar refractivity (Wildman–Crippen MR) is 135 cm³/mol. The lowest BCUT2D eigenvalue weighted by molar-refractivity contribution is -0.132. The average molecular weight is 533 g/mol. The van der Waals surface area contributed by atoms with Gasteiger partial charge in [-0.2, -0.15) is 4.31 Å². The van der Waals surface area contributed by atoms with Crippen LogP contribution in [0.15, 0.2) is 64.9 Å². The number of methoxy groups -OCH3 is 2. The molecule has 192 valence electrons. The summed E-state index contributed by atoms with van der Waals surface area (Å²) in [5, 5.41) is 1.94. The van der Waals surface area contributed by atoms with Crippen molar-refractivity contribution in [2.75, 3.05) is 40.7 Å². The van der Waals surface area contributed by atoms with Crippen LogP contribution >= 0.6 is 11.3 Å². The van der Waals surface area contributed by atoms with Crippen LogP contribution in [0.5, 0.6) is 17.2 Å². The van der Waals surface area contributed by atoms with Crippen LogP contribution in [0.4, 0.5) is 0 Å².